The highest BCUT2D eigenvalue weighted by atomic mass is 19.2. The van der Waals surface area contributed by atoms with E-state index in [0.717, 1.165) is 0 Å². The van der Waals surface area contributed by atoms with E-state index in [1.54, 1.807) is 0 Å². The van der Waals surface area contributed by atoms with E-state index in [2.05, 4.69) is 0 Å². The Morgan fingerprint density at radius 1 is 1.71 bits per heavy atom. The highest BCUT2D eigenvalue weighted by Gasteiger charge is 2.11. The summed E-state index contributed by atoms with van der Waals surface area (Å²) in [6, 6.07) is 0. The molecule has 1 heterocycles. The van der Waals surface area contributed by atoms with Crippen molar-refractivity contribution in [1.82, 2.24) is 5.12 Å². The topological polar surface area (TPSA) is 3.24 Å². The van der Waals surface area contributed by atoms with E-state index in [9.17, 15) is 8.87 Å². The molecule has 1 nitrogen and oxygen atoms in total. The van der Waals surface area contributed by atoms with Crippen molar-refractivity contribution in [2.45, 2.75) is 6.42 Å². The lowest BCUT2D eigenvalue weighted by molar-refractivity contribution is 0.0536. The molecule has 0 N–H and O–H groups in total. The zero-order valence-electron chi connectivity index (χ0n) is 3.69. The van der Waals surface area contributed by atoms with Crippen LogP contribution < -0.4 is 0 Å². The van der Waals surface area contributed by atoms with Crippen LogP contribution in [0.3, 0.4) is 0 Å². The van der Waals surface area contributed by atoms with E-state index in [4.69, 9.17) is 0 Å². The maximum atomic E-state index is 11.7. The predicted octanol–water partition coefficient (Wildman–Crippen LogP) is 1.39. The van der Waals surface area contributed by atoms with E-state index < -0.39 is 5.95 Å². The largest absolute Gasteiger partial charge is 0.213 e. The monoisotopic (exact) mass is 105 g/mol. The number of halogens is 2. The highest BCUT2D eigenvalue weighted by Crippen LogP contribution is 2.14. The Hall–Kier alpha value is -0.600. The van der Waals surface area contributed by atoms with Crippen molar-refractivity contribution in [1.29, 1.82) is 0 Å². The lowest BCUT2D eigenvalue weighted by Gasteiger charge is -1.98. The van der Waals surface area contributed by atoms with Gasteiger partial charge in [-0.3, -0.25) is 0 Å². The Balaban J connectivity index is 2.54. The maximum absolute atomic E-state index is 11.7. The van der Waals surface area contributed by atoms with Gasteiger partial charge < -0.3 is 0 Å². The average Bonchev–Trinajstić information content (AvgIpc) is 1.91. The number of hydrogen-bond donors (Lipinski definition) is 0. The number of rotatable bonds is 0. The molecule has 1 aliphatic heterocycles. The fraction of sp³-hybridized carbons (Fsp3) is 0.500. The summed E-state index contributed by atoms with van der Waals surface area (Å²) in [5, 5.41) is 0.0972. The van der Waals surface area contributed by atoms with Crippen LogP contribution in [-0.4, -0.2) is 11.7 Å². The van der Waals surface area contributed by atoms with Gasteiger partial charge in [0.15, 0.2) is 0 Å². The van der Waals surface area contributed by atoms with Gasteiger partial charge >= 0.3 is 0 Å². The second kappa shape index (κ2) is 1.48. The van der Waals surface area contributed by atoms with Gasteiger partial charge in [0.1, 0.15) is 0 Å². The smallest absolute Gasteiger partial charge is 0.185 e. The molecule has 1 aliphatic rings. The van der Waals surface area contributed by atoms with Crippen molar-refractivity contribution in [3.8, 4) is 0 Å². The molecule has 7 heavy (non-hydrogen) atoms. The standard InChI is InChI=1S/C4H5F2N/c5-4-2-1-3-7(4)6/h2H,1,3H2. The minimum absolute atomic E-state index is 0.0972. The summed E-state index contributed by atoms with van der Waals surface area (Å²) in [5.41, 5.74) is 0. The van der Waals surface area contributed by atoms with Gasteiger partial charge in [-0.05, 0) is 12.5 Å². The van der Waals surface area contributed by atoms with E-state index in [0.29, 0.717) is 6.42 Å². The Morgan fingerprint density at radius 3 is 2.57 bits per heavy atom. The van der Waals surface area contributed by atoms with Gasteiger partial charge in [0.2, 0.25) is 5.95 Å². The molecule has 0 fully saturated rings. The quantitative estimate of drug-likeness (QED) is 0.332. The Morgan fingerprint density at radius 2 is 2.43 bits per heavy atom. The zero-order chi connectivity index (χ0) is 5.28. The molecule has 0 saturated heterocycles. The molecular weight excluding hydrogens is 100 g/mol. The van der Waals surface area contributed by atoms with Crippen LogP contribution in [0.5, 0.6) is 0 Å². The minimum atomic E-state index is -0.750. The van der Waals surface area contributed by atoms with Crippen molar-refractivity contribution < 1.29 is 8.87 Å². The van der Waals surface area contributed by atoms with Gasteiger partial charge in [0.05, 0.1) is 6.54 Å². The van der Waals surface area contributed by atoms with Crippen molar-refractivity contribution in [2.75, 3.05) is 6.54 Å². The average molecular weight is 105 g/mol. The molecule has 0 spiro atoms. The van der Waals surface area contributed by atoms with Crippen LogP contribution >= 0.6 is 0 Å². The van der Waals surface area contributed by atoms with Crippen LogP contribution in [-0.2, 0) is 0 Å². The summed E-state index contributed by atoms with van der Waals surface area (Å²) in [7, 11) is 0. The van der Waals surface area contributed by atoms with E-state index in [1.165, 1.54) is 6.08 Å². The fourth-order valence-corrected chi connectivity index (χ4v) is 0.503. The van der Waals surface area contributed by atoms with Crippen LogP contribution in [0.2, 0.25) is 0 Å². The third kappa shape index (κ3) is 0.706. The van der Waals surface area contributed by atoms with E-state index >= 15 is 0 Å². The minimum Gasteiger partial charge on any atom is -0.185 e. The van der Waals surface area contributed by atoms with Gasteiger partial charge in [-0.25, -0.2) is 0 Å². The van der Waals surface area contributed by atoms with Gasteiger partial charge in [-0.15, -0.1) is 0 Å². The predicted molar refractivity (Wildman–Crippen MR) is 21.6 cm³/mol. The summed E-state index contributed by atoms with van der Waals surface area (Å²) in [4.78, 5) is 0. The third-order valence-corrected chi connectivity index (χ3v) is 0.870. The molecule has 0 amide bonds. The van der Waals surface area contributed by atoms with E-state index in [1.807, 2.05) is 0 Å². The van der Waals surface area contributed by atoms with Gasteiger partial charge in [0.25, 0.3) is 0 Å². The summed E-state index contributed by atoms with van der Waals surface area (Å²) in [6.07, 6.45) is 1.71. The van der Waals surface area contributed by atoms with Gasteiger partial charge in [-0.1, -0.05) is 4.48 Å². The van der Waals surface area contributed by atoms with Crippen molar-refractivity contribution in [3.63, 3.8) is 0 Å². The molecule has 40 valence electrons. The first kappa shape index (κ1) is 4.56. The molecule has 0 aliphatic carbocycles. The molecule has 1 rings (SSSR count). The second-order valence-electron chi connectivity index (χ2n) is 1.40. The van der Waals surface area contributed by atoms with Crippen molar-refractivity contribution in [3.05, 3.63) is 12.0 Å². The summed E-state index contributed by atoms with van der Waals surface area (Å²) in [6.45, 7) is 0.172. The first-order valence-electron chi connectivity index (χ1n) is 2.09. The van der Waals surface area contributed by atoms with Crippen molar-refractivity contribution >= 4 is 0 Å². The molecule has 0 atom stereocenters. The Kier molecular flexibility index (Phi) is 0.964. The molecule has 0 saturated carbocycles. The summed E-state index contributed by atoms with van der Waals surface area (Å²) >= 11 is 0. The molecular formula is C4H5F2N. The number of hydrogen-bond acceptors (Lipinski definition) is 1. The fourth-order valence-electron chi connectivity index (χ4n) is 0.503. The Labute approximate surface area is 40.2 Å². The molecule has 0 bridgehead atoms. The first-order valence-corrected chi connectivity index (χ1v) is 2.09. The SMILES string of the molecule is FC1=CCCN1F. The van der Waals surface area contributed by atoms with Crippen LogP contribution in [0.15, 0.2) is 12.0 Å². The summed E-state index contributed by atoms with van der Waals surface area (Å²) in [5.74, 6) is -0.750. The zero-order valence-corrected chi connectivity index (χ0v) is 3.69. The van der Waals surface area contributed by atoms with Gasteiger partial charge in [-0.2, -0.15) is 9.51 Å². The van der Waals surface area contributed by atoms with Crippen LogP contribution in [0.1, 0.15) is 6.42 Å². The highest BCUT2D eigenvalue weighted by molar-refractivity contribution is 4.94. The molecule has 0 unspecified atom stereocenters. The number of nitrogens with zero attached hydrogens (tertiary/aromatic N) is 1. The Bertz CT molecular complexity index is 99.9. The molecule has 3 heteroatoms. The molecule has 0 radical (unpaired) electrons. The first-order chi connectivity index (χ1) is 3.30. The van der Waals surface area contributed by atoms with Crippen LogP contribution in [0.25, 0.3) is 0 Å². The van der Waals surface area contributed by atoms with Crippen LogP contribution in [0.4, 0.5) is 8.87 Å². The molecule has 0 aromatic carbocycles. The van der Waals surface area contributed by atoms with Crippen LogP contribution in [0, 0.1) is 0 Å². The summed E-state index contributed by atoms with van der Waals surface area (Å²) < 4.78 is 23.4. The lowest BCUT2D eigenvalue weighted by atomic mass is 10.5. The third-order valence-electron chi connectivity index (χ3n) is 0.870. The van der Waals surface area contributed by atoms with Gasteiger partial charge in [0, 0.05) is 0 Å². The maximum Gasteiger partial charge on any atom is 0.213 e. The van der Waals surface area contributed by atoms with Crippen molar-refractivity contribution in [2.24, 2.45) is 0 Å². The second-order valence-corrected chi connectivity index (χ2v) is 1.40. The lowest BCUT2D eigenvalue weighted by Crippen LogP contribution is -2.03. The normalized spacial score (nSPS) is 20.3. The van der Waals surface area contributed by atoms with E-state index in [-0.39, 0.29) is 11.7 Å². The molecule has 0 aromatic heterocycles. The molecule has 0 aromatic rings.